The number of ether oxygens (including phenoxy) is 2. The third-order valence-corrected chi connectivity index (χ3v) is 5.92. The van der Waals surface area contributed by atoms with Gasteiger partial charge in [0.15, 0.2) is 0 Å². The molecule has 5 heteroatoms. The van der Waals surface area contributed by atoms with Crippen LogP contribution in [-0.4, -0.2) is 32.3 Å². The smallest absolute Gasteiger partial charge is 0.407 e. The van der Waals surface area contributed by atoms with Crippen LogP contribution in [0.1, 0.15) is 52.4 Å². The summed E-state index contributed by atoms with van der Waals surface area (Å²) in [6.07, 6.45) is 7.67. The molecule has 0 saturated heterocycles. The van der Waals surface area contributed by atoms with Crippen LogP contribution in [0.4, 0.5) is 4.79 Å². The van der Waals surface area contributed by atoms with Crippen molar-refractivity contribution in [2.24, 2.45) is 23.7 Å². The van der Waals surface area contributed by atoms with Gasteiger partial charge in [0, 0.05) is 12.1 Å². The molecule has 0 bridgehead atoms. The summed E-state index contributed by atoms with van der Waals surface area (Å²) in [7, 11) is 1.43. The fourth-order valence-electron chi connectivity index (χ4n) is 4.34. The minimum absolute atomic E-state index is 0.224. The predicted octanol–water partition coefficient (Wildman–Crippen LogP) is 4.24. The van der Waals surface area contributed by atoms with Gasteiger partial charge in [0.05, 0.1) is 7.11 Å². The van der Waals surface area contributed by atoms with E-state index in [4.69, 9.17) is 9.47 Å². The predicted molar refractivity (Wildman–Crippen MR) is 102 cm³/mol. The molecule has 0 spiro atoms. The molecule has 1 N–H and O–H groups in total. The van der Waals surface area contributed by atoms with Gasteiger partial charge >= 0.3 is 12.1 Å². The van der Waals surface area contributed by atoms with E-state index in [2.05, 4.69) is 31.8 Å². The number of methoxy groups -OCH3 is 1. The number of unbranched alkanes of at least 4 members (excludes halogenated alkanes) is 1. The average Bonchev–Trinajstić information content (AvgIpc) is 2.65. The van der Waals surface area contributed by atoms with Gasteiger partial charge in [0.1, 0.15) is 6.61 Å². The normalized spacial score (nSPS) is 27.7. The maximum absolute atomic E-state index is 11.9. The summed E-state index contributed by atoms with van der Waals surface area (Å²) in [5.74, 6) is 1.49. The topological polar surface area (TPSA) is 64.6 Å². The van der Waals surface area contributed by atoms with Crippen LogP contribution in [-0.2, 0) is 14.3 Å². The number of nitrogens with one attached hydrogen (secondary N) is 1. The molecule has 0 aromatic rings. The van der Waals surface area contributed by atoms with Gasteiger partial charge in [-0.05, 0) is 61.3 Å². The minimum atomic E-state index is -0.380. The molecule has 4 atom stereocenters. The number of hydrogen-bond donors (Lipinski definition) is 1. The first-order chi connectivity index (χ1) is 12.5. The fraction of sp³-hybridized carbons (Fsp3) is 0.714. The van der Waals surface area contributed by atoms with Crippen molar-refractivity contribution >= 4 is 12.1 Å². The number of fused-ring (bicyclic) bond motifs is 1. The zero-order valence-corrected chi connectivity index (χ0v) is 16.4. The second-order valence-electron chi connectivity index (χ2n) is 7.64. The summed E-state index contributed by atoms with van der Waals surface area (Å²) in [5, 5.41) is 2.76. The molecule has 2 aliphatic rings. The van der Waals surface area contributed by atoms with Crippen LogP contribution in [0, 0.1) is 23.7 Å². The molecule has 0 radical (unpaired) electrons. The lowest BCUT2D eigenvalue weighted by Gasteiger charge is -2.44. The summed E-state index contributed by atoms with van der Waals surface area (Å²) in [5.41, 5.74) is 1.72. The molecular formula is C21H33NO4. The van der Waals surface area contributed by atoms with Gasteiger partial charge in [0.25, 0.3) is 0 Å². The Balaban J connectivity index is 1.99. The highest BCUT2D eigenvalue weighted by atomic mass is 16.5. The highest BCUT2D eigenvalue weighted by molar-refractivity contribution is 5.88. The standard InChI is InChI=1S/C21H33NO4/c1-5-6-11-22-21(24)26-13-15(3)18-9-7-14(2)17-10-8-16(12-19(17)18)20(23)25-4/h12,14,17-19H,3,5-11,13H2,1-2,4H3,(H,22,24)/t14-,17-,18+,19-/m0/s1. The quantitative estimate of drug-likeness (QED) is 0.417. The number of carbonyl (C=O) groups excluding carboxylic acids is 2. The van der Waals surface area contributed by atoms with E-state index in [-0.39, 0.29) is 30.5 Å². The monoisotopic (exact) mass is 363 g/mol. The van der Waals surface area contributed by atoms with Crippen LogP contribution in [0.15, 0.2) is 23.8 Å². The molecule has 26 heavy (non-hydrogen) atoms. The van der Waals surface area contributed by atoms with E-state index < -0.39 is 0 Å². The fourth-order valence-corrected chi connectivity index (χ4v) is 4.34. The summed E-state index contributed by atoms with van der Waals surface area (Å²) in [6.45, 7) is 9.45. The molecule has 1 fully saturated rings. The average molecular weight is 363 g/mol. The Bertz CT molecular complexity index is 554. The summed E-state index contributed by atoms with van der Waals surface area (Å²) >= 11 is 0. The zero-order valence-electron chi connectivity index (χ0n) is 16.4. The van der Waals surface area contributed by atoms with E-state index in [9.17, 15) is 9.59 Å². The van der Waals surface area contributed by atoms with Crippen molar-refractivity contribution in [2.45, 2.75) is 52.4 Å². The number of esters is 1. The summed E-state index contributed by atoms with van der Waals surface area (Å²) in [4.78, 5) is 23.7. The lowest BCUT2D eigenvalue weighted by atomic mass is 9.61. The lowest BCUT2D eigenvalue weighted by Crippen LogP contribution is -2.37. The van der Waals surface area contributed by atoms with Crippen molar-refractivity contribution in [1.82, 2.24) is 5.32 Å². The SMILES string of the molecule is C=C(COC(=O)NCCCC)[C@H]1CC[C@H](C)[C@@H]2CCC(C(=O)OC)=C[C@@H]21. The minimum Gasteiger partial charge on any atom is -0.466 e. The third kappa shape index (κ3) is 5.12. The van der Waals surface area contributed by atoms with Crippen LogP contribution in [0.3, 0.4) is 0 Å². The number of allylic oxidation sites excluding steroid dienone is 1. The van der Waals surface area contributed by atoms with Crippen LogP contribution in [0.25, 0.3) is 0 Å². The van der Waals surface area contributed by atoms with Gasteiger partial charge in [0.2, 0.25) is 0 Å². The van der Waals surface area contributed by atoms with Crippen molar-refractivity contribution in [3.63, 3.8) is 0 Å². The highest BCUT2D eigenvalue weighted by Gasteiger charge is 2.40. The van der Waals surface area contributed by atoms with Crippen LogP contribution in [0.5, 0.6) is 0 Å². The summed E-state index contributed by atoms with van der Waals surface area (Å²) < 4.78 is 10.3. The van der Waals surface area contributed by atoms with Gasteiger partial charge in [-0.2, -0.15) is 0 Å². The van der Waals surface area contributed by atoms with E-state index >= 15 is 0 Å². The maximum Gasteiger partial charge on any atom is 0.407 e. The Morgan fingerprint density at radius 3 is 2.77 bits per heavy atom. The van der Waals surface area contributed by atoms with Crippen LogP contribution < -0.4 is 5.32 Å². The molecule has 0 aliphatic heterocycles. The van der Waals surface area contributed by atoms with Gasteiger partial charge in [-0.1, -0.05) is 32.9 Å². The van der Waals surface area contributed by atoms with Crippen molar-refractivity contribution in [2.75, 3.05) is 20.3 Å². The third-order valence-electron chi connectivity index (χ3n) is 5.92. The first-order valence-electron chi connectivity index (χ1n) is 9.85. The number of carbonyl (C=O) groups is 2. The molecule has 0 unspecified atom stereocenters. The number of rotatable bonds is 7. The number of alkyl carbamates (subject to hydrolysis) is 1. The van der Waals surface area contributed by atoms with E-state index in [0.29, 0.717) is 18.4 Å². The Morgan fingerprint density at radius 2 is 2.08 bits per heavy atom. The molecule has 1 saturated carbocycles. The first-order valence-corrected chi connectivity index (χ1v) is 9.85. The van der Waals surface area contributed by atoms with Crippen molar-refractivity contribution in [3.05, 3.63) is 23.8 Å². The second-order valence-corrected chi connectivity index (χ2v) is 7.64. The highest BCUT2D eigenvalue weighted by Crippen LogP contribution is 2.47. The first kappa shape index (κ1) is 20.5. The Hall–Kier alpha value is -1.78. The maximum atomic E-state index is 11.9. The van der Waals surface area contributed by atoms with Crippen molar-refractivity contribution in [3.8, 4) is 0 Å². The van der Waals surface area contributed by atoms with E-state index in [1.54, 1.807) is 0 Å². The van der Waals surface area contributed by atoms with Crippen LogP contribution in [0.2, 0.25) is 0 Å². The van der Waals surface area contributed by atoms with Crippen LogP contribution >= 0.6 is 0 Å². The van der Waals surface area contributed by atoms with Crippen molar-refractivity contribution in [1.29, 1.82) is 0 Å². The molecule has 146 valence electrons. The molecule has 1 amide bonds. The van der Waals surface area contributed by atoms with Gasteiger partial charge < -0.3 is 14.8 Å². The Labute approximate surface area is 157 Å². The molecule has 0 heterocycles. The zero-order chi connectivity index (χ0) is 19.1. The number of hydrogen-bond acceptors (Lipinski definition) is 4. The van der Waals surface area contributed by atoms with Gasteiger partial charge in [-0.25, -0.2) is 9.59 Å². The van der Waals surface area contributed by atoms with Crippen molar-refractivity contribution < 1.29 is 19.1 Å². The second kappa shape index (κ2) is 9.79. The van der Waals surface area contributed by atoms with E-state index in [1.807, 2.05) is 0 Å². The summed E-state index contributed by atoms with van der Waals surface area (Å²) in [6, 6.07) is 0. The number of amides is 1. The molecule has 0 aromatic carbocycles. The van der Waals surface area contributed by atoms with Gasteiger partial charge in [-0.3, -0.25) is 0 Å². The molecule has 0 aromatic heterocycles. The van der Waals surface area contributed by atoms with E-state index in [1.165, 1.54) is 7.11 Å². The lowest BCUT2D eigenvalue weighted by molar-refractivity contribution is -0.136. The molecule has 2 rings (SSSR count). The largest absolute Gasteiger partial charge is 0.466 e. The molecular weight excluding hydrogens is 330 g/mol. The Morgan fingerprint density at radius 1 is 1.31 bits per heavy atom. The van der Waals surface area contributed by atoms with Gasteiger partial charge in [-0.15, -0.1) is 0 Å². The molecule has 2 aliphatic carbocycles. The van der Waals surface area contributed by atoms with E-state index in [0.717, 1.165) is 49.7 Å². The Kier molecular flexibility index (Phi) is 7.73. The molecule has 5 nitrogen and oxygen atoms in total.